The van der Waals surface area contributed by atoms with Crippen LogP contribution in [0, 0.1) is 0 Å². The van der Waals surface area contributed by atoms with Crippen molar-refractivity contribution in [3.05, 3.63) is 30.3 Å². The number of hydrogen-bond donors (Lipinski definition) is 0. The van der Waals surface area contributed by atoms with Gasteiger partial charge in [0.1, 0.15) is 0 Å². The van der Waals surface area contributed by atoms with Crippen LogP contribution in [-0.4, -0.2) is 13.2 Å². The molecule has 0 spiro atoms. The molecular weight excluding hydrogens is 193 g/mol. The van der Waals surface area contributed by atoms with Crippen LogP contribution in [0.5, 0.6) is 5.75 Å². The molecule has 0 radical (unpaired) electrons. The van der Waals surface area contributed by atoms with Crippen LogP contribution in [0.2, 0.25) is 0 Å². The van der Waals surface area contributed by atoms with Crippen LogP contribution in [0.1, 0.15) is 0 Å². The molecule has 0 aliphatic carbocycles. The molecule has 0 bridgehead atoms. The fourth-order valence-electron chi connectivity index (χ4n) is 0.735. The third-order valence-electron chi connectivity index (χ3n) is 1.24. The molecule has 1 aromatic rings. The van der Waals surface area contributed by atoms with Gasteiger partial charge >= 0.3 is 76.3 Å². The minimum absolute atomic E-state index is 0.643. The van der Waals surface area contributed by atoms with Crippen molar-refractivity contribution in [3.8, 4) is 5.75 Å². The second-order valence-corrected chi connectivity index (χ2v) is 2.93. The van der Waals surface area contributed by atoms with Gasteiger partial charge in [0.05, 0.1) is 0 Å². The molecule has 1 aromatic carbocycles. The average molecular weight is 203 g/mol. The number of ether oxygens (including phenoxy) is 1. The number of para-hydroxylation sites is 1. The van der Waals surface area contributed by atoms with Gasteiger partial charge in [0.25, 0.3) is 0 Å². The second kappa shape index (κ2) is 5.28. The van der Waals surface area contributed by atoms with E-state index in [9.17, 15) is 0 Å². The molecule has 0 unspecified atom stereocenters. The van der Waals surface area contributed by atoms with E-state index in [2.05, 4.69) is 0 Å². The standard InChI is InChI=1S/C8H9O2.Zn/c9-6-7-10-8-4-2-1-3-5-8;/h1-5H,6-7H2;/q-1;+1. The Hall–Kier alpha value is -0.397. The Kier molecular flexibility index (Phi) is 4.17. The summed E-state index contributed by atoms with van der Waals surface area (Å²) < 4.78 is 10.3. The number of hydrogen-bond acceptors (Lipinski definition) is 2. The average Bonchev–Trinajstić information content (AvgIpc) is 2.07. The molecule has 0 heterocycles. The monoisotopic (exact) mass is 201 g/mol. The van der Waals surface area contributed by atoms with Crippen LogP contribution in [0.25, 0.3) is 0 Å². The zero-order valence-electron chi connectivity index (χ0n) is 6.32. The molecular formula is C8H9O2Zn. The Morgan fingerprint density at radius 3 is 2.45 bits per heavy atom. The first-order valence-electron chi connectivity index (χ1n) is 3.48. The van der Waals surface area contributed by atoms with Crippen LogP contribution in [-0.2, 0) is 22.2 Å². The summed E-state index contributed by atoms with van der Waals surface area (Å²) in [6.07, 6.45) is 0. The molecule has 55 valence electrons. The van der Waals surface area contributed by atoms with Crippen LogP contribution >= 0.6 is 0 Å². The van der Waals surface area contributed by atoms with Crippen molar-refractivity contribution in [1.29, 1.82) is 0 Å². The Morgan fingerprint density at radius 1 is 1.09 bits per heavy atom. The fourth-order valence-corrected chi connectivity index (χ4v) is 0.982. The maximum absolute atomic E-state index is 5.34. The first-order valence-corrected chi connectivity index (χ1v) is 4.69. The molecule has 11 heavy (non-hydrogen) atoms. The van der Waals surface area contributed by atoms with Gasteiger partial charge in [-0.05, 0) is 0 Å². The van der Waals surface area contributed by atoms with E-state index in [0.29, 0.717) is 13.2 Å². The molecule has 2 nitrogen and oxygen atoms in total. The van der Waals surface area contributed by atoms with Crippen LogP contribution < -0.4 is 4.74 Å². The zero-order valence-corrected chi connectivity index (χ0v) is 9.29. The Morgan fingerprint density at radius 2 is 1.82 bits per heavy atom. The molecule has 0 saturated carbocycles. The predicted molar refractivity (Wildman–Crippen MR) is 37.9 cm³/mol. The van der Waals surface area contributed by atoms with E-state index in [1.54, 1.807) is 0 Å². The summed E-state index contributed by atoms with van der Waals surface area (Å²) in [4.78, 5) is 0. The normalized spacial score (nSPS) is 9.64. The van der Waals surface area contributed by atoms with Gasteiger partial charge in [0, 0.05) is 0 Å². The summed E-state index contributed by atoms with van der Waals surface area (Å²) in [7, 11) is 0. The van der Waals surface area contributed by atoms with Gasteiger partial charge in [0.2, 0.25) is 0 Å². The zero-order chi connectivity index (χ0) is 7.94. The molecule has 0 atom stereocenters. The van der Waals surface area contributed by atoms with E-state index in [1.165, 1.54) is 0 Å². The van der Waals surface area contributed by atoms with Gasteiger partial charge in [-0.1, -0.05) is 0 Å². The molecule has 0 aromatic heterocycles. The van der Waals surface area contributed by atoms with Crippen molar-refractivity contribution in [1.82, 2.24) is 0 Å². The summed E-state index contributed by atoms with van der Waals surface area (Å²) in [5.41, 5.74) is 0. The Balaban J connectivity index is 2.28. The Labute approximate surface area is 76.6 Å². The van der Waals surface area contributed by atoms with Gasteiger partial charge in [-0.15, -0.1) is 0 Å². The van der Waals surface area contributed by atoms with Crippen molar-refractivity contribution in [2.75, 3.05) is 13.2 Å². The molecule has 3 heteroatoms. The summed E-state index contributed by atoms with van der Waals surface area (Å²) in [6.45, 7) is 1.33. The first-order chi connectivity index (χ1) is 5.43. The molecule has 0 fully saturated rings. The Bertz CT molecular complexity index is 189. The quantitative estimate of drug-likeness (QED) is 0.545. The van der Waals surface area contributed by atoms with Crippen LogP contribution in [0.4, 0.5) is 0 Å². The predicted octanol–water partition coefficient (Wildman–Crippen LogP) is 1.54. The number of benzene rings is 1. The summed E-state index contributed by atoms with van der Waals surface area (Å²) in [5, 5.41) is 0. The van der Waals surface area contributed by atoms with E-state index in [4.69, 9.17) is 8.30 Å². The summed E-state index contributed by atoms with van der Waals surface area (Å²) >= 11 is 0.873. The SMILES string of the molecule is [Zn][O]CCOc1ccccc1. The molecule has 1 rings (SSSR count). The van der Waals surface area contributed by atoms with Crippen molar-refractivity contribution in [3.63, 3.8) is 0 Å². The first kappa shape index (κ1) is 8.70. The van der Waals surface area contributed by atoms with E-state index in [-0.39, 0.29) is 0 Å². The second-order valence-electron chi connectivity index (χ2n) is 2.07. The summed E-state index contributed by atoms with van der Waals surface area (Å²) in [5.74, 6) is 0.907. The van der Waals surface area contributed by atoms with Gasteiger partial charge in [0.15, 0.2) is 0 Å². The maximum atomic E-state index is 5.34. The summed E-state index contributed by atoms with van der Waals surface area (Å²) in [6, 6.07) is 9.75. The number of rotatable bonds is 4. The minimum atomic E-state index is 0.643. The van der Waals surface area contributed by atoms with E-state index in [0.717, 1.165) is 24.4 Å². The van der Waals surface area contributed by atoms with E-state index >= 15 is 0 Å². The van der Waals surface area contributed by atoms with Gasteiger partial charge in [-0.3, -0.25) is 0 Å². The third kappa shape index (κ3) is 3.50. The van der Waals surface area contributed by atoms with Crippen LogP contribution in [0.15, 0.2) is 30.3 Å². The molecule has 0 aliphatic heterocycles. The van der Waals surface area contributed by atoms with Gasteiger partial charge < -0.3 is 0 Å². The van der Waals surface area contributed by atoms with E-state index < -0.39 is 0 Å². The fraction of sp³-hybridized carbons (Fsp3) is 0.250. The topological polar surface area (TPSA) is 18.5 Å². The molecule has 0 aliphatic rings. The van der Waals surface area contributed by atoms with Crippen molar-refractivity contribution >= 4 is 0 Å². The third-order valence-corrected chi connectivity index (χ3v) is 1.85. The van der Waals surface area contributed by atoms with Crippen molar-refractivity contribution in [2.24, 2.45) is 0 Å². The van der Waals surface area contributed by atoms with E-state index in [1.807, 2.05) is 30.3 Å². The molecule has 0 saturated heterocycles. The van der Waals surface area contributed by atoms with Gasteiger partial charge in [-0.2, -0.15) is 0 Å². The molecule has 0 amide bonds. The van der Waals surface area contributed by atoms with Crippen LogP contribution in [0.3, 0.4) is 0 Å². The van der Waals surface area contributed by atoms with Crippen molar-refractivity contribution in [2.45, 2.75) is 0 Å². The molecule has 0 N–H and O–H groups in total. The van der Waals surface area contributed by atoms with Crippen molar-refractivity contribution < 1.29 is 27.0 Å². The van der Waals surface area contributed by atoms with Gasteiger partial charge in [-0.25, -0.2) is 0 Å².